The summed E-state index contributed by atoms with van der Waals surface area (Å²) in [5, 5.41) is 3.41. The molecule has 92 valence electrons. The number of nitrogens with zero attached hydrogens (tertiary/aromatic N) is 1. The van der Waals surface area contributed by atoms with E-state index in [-0.39, 0.29) is 11.1 Å². The lowest BCUT2D eigenvalue weighted by atomic mass is 10.1. The highest BCUT2D eigenvalue weighted by Gasteiger charge is 2.17. The smallest absolute Gasteiger partial charge is 0.252 e. The van der Waals surface area contributed by atoms with Crippen molar-refractivity contribution >= 4 is 40.9 Å². The first-order valence-corrected chi connectivity index (χ1v) is 7.25. The first-order valence-electron chi connectivity index (χ1n) is 5.34. The van der Waals surface area contributed by atoms with Gasteiger partial charge in [0.15, 0.2) is 0 Å². The van der Waals surface area contributed by atoms with Crippen LogP contribution in [0, 0.1) is 5.92 Å². The van der Waals surface area contributed by atoms with E-state index in [2.05, 4.69) is 10.3 Å². The van der Waals surface area contributed by atoms with Gasteiger partial charge >= 0.3 is 0 Å². The van der Waals surface area contributed by atoms with E-state index in [9.17, 15) is 4.79 Å². The number of rotatable bonds is 3. The number of carbonyl (C=O) groups is 1. The van der Waals surface area contributed by atoms with Crippen LogP contribution in [0.2, 0.25) is 10.2 Å². The van der Waals surface area contributed by atoms with Gasteiger partial charge in [-0.3, -0.25) is 4.79 Å². The Kier molecular flexibility index (Phi) is 4.54. The summed E-state index contributed by atoms with van der Waals surface area (Å²) in [5.41, 5.74) is 0.449. The van der Waals surface area contributed by atoms with Crippen molar-refractivity contribution in [3.63, 3.8) is 0 Å². The highest BCUT2D eigenvalue weighted by Crippen LogP contribution is 2.23. The van der Waals surface area contributed by atoms with Gasteiger partial charge < -0.3 is 5.32 Å². The van der Waals surface area contributed by atoms with Crippen molar-refractivity contribution < 1.29 is 4.79 Å². The molecular weight excluding hydrogens is 279 g/mol. The number of thioether (sulfide) groups is 1. The van der Waals surface area contributed by atoms with Gasteiger partial charge in [-0.15, -0.1) is 0 Å². The minimum Gasteiger partial charge on any atom is -0.352 e. The van der Waals surface area contributed by atoms with Crippen LogP contribution in [0.15, 0.2) is 12.3 Å². The number of hydrogen-bond donors (Lipinski definition) is 1. The largest absolute Gasteiger partial charge is 0.352 e. The van der Waals surface area contributed by atoms with E-state index in [0.717, 1.165) is 5.75 Å². The zero-order valence-corrected chi connectivity index (χ0v) is 11.4. The summed E-state index contributed by atoms with van der Waals surface area (Å²) in [6.45, 7) is 0.714. The summed E-state index contributed by atoms with van der Waals surface area (Å²) in [6, 6.07) is 1.54. The molecule has 0 saturated carbocycles. The maximum atomic E-state index is 11.8. The number of nitrogens with one attached hydrogen (secondary N) is 1. The van der Waals surface area contributed by atoms with Gasteiger partial charge in [0, 0.05) is 12.7 Å². The Morgan fingerprint density at radius 3 is 3.06 bits per heavy atom. The molecule has 2 rings (SSSR count). The molecule has 1 fully saturated rings. The molecule has 0 spiro atoms. The zero-order chi connectivity index (χ0) is 12.3. The Hall–Kier alpha value is -0.450. The molecule has 1 aromatic heterocycles. The molecule has 1 N–H and O–H groups in total. The standard InChI is InChI=1S/C11H12Cl2N2OS/c12-9-3-8(5-14-10(9)13)11(16)15-4-7-1-2-17-6-7/h3,5,7H,1-2,4,6H2,(H,15,16). The molecule has 1 aliphatic rings. The van der Waals surface area contributed by atoms with E-state index >= 15 is 0 Å². The quantitative estimate of drug-likeness (QED) is 0.871. The third-order valence-corrected chi connectivity index (χ3v) is 4.55. The first kappa shape index (κ1) is 13.0. The van der Waals surface area contributed by atoms with Crippen molar-refractivity contribution in [2.45, 2.75) is 6.42 Å². The molecule has 0 bridgehead atoms. The number of aromatic nitrogens is 1. The van der Waals surface area contributed by atoms with Crippen molar-refractivity contribution in [1.82, 2.24) is 10.3 Å². The third kappa shape index (κ3) is 3.50. The van der Waals surface area contributed by atoms with E-state index < -0.39 is 0 Å². The average Bonchev–Trinajstić information content (AvgIpc) is 2.82. The monoisotopic (exact) mass is 290 g/mol. The minimum absolute atomic E-state index is 0.145. The highest BCUT2D eigenvalue weighted by atomic mass is 35.5. The SMILES string of the molecule is O=C(NCC1CCSC1)c1cnc(Cl)c(Cl)c1. The number of hydrogen-bond acceptors (Lipinski definition) is 3. The topological polar surface area (TPSA) is 42.0 Å². The van der Waals surface area contributed by atoms with E-state index in [1.54, 1.807) is 0 Å². The summed E-state index contributed by atoms with van der Waals surface area (Å²) in [7, 11) is 0. The molecule has 1 aromatic rings. The highest BCUT2D eigenvalue weighted by molar-refractivity contribution is 7.99. The van der Waals surface area contributed by atoms with Crippen LogP contribution in [0.5, 0.6) is 0 Å². The summed E-state index contributed by atoms with van der Waals surface area (Å²) in [6.07, 6.45) is 2.61. The van der Waals surface area contributed by atoms with Gasteiger partial charge in [-0.25, -0.2) is 4.98 Å². The summed E-state index contributed by atoms with van der Waals surface area (Å²) in [5.74, 6) is 2.75. The number of pyridine rings is 1. The minimum atomic E-state index is -0.145. The third-order valence-electron chi connectivity index (χ3n) is 2.63. The number of halogens is 2. The van der Waals surface area contributed by atoms with Crippen LogP contribution in [0.1, 0.15) is 16.8 Å². The van der Waals surface area contributed by atoms with Gasteiger partial charge in [0.05, 0.1) is 10.6 Å². The van der Waals surface area contributed by atoms with E-state index in [1.165, 1.54) is 24.4 Å². The maximum absolute atomic E-state index is 11.8. The summed E-state index contributed by atoms with van der Waals surface area (Å²) in [4.78, 5) is 15.7. The second-order valence-electron chi connectivity index (χ2n) is 3.94. The summed E-state index contributed by atoms with van der Waals surface area (Å²) >= 11 is 13.4. The van der Waals surface area contributed by atoms with Crippen LogP contribution >= 0.6 is 35.0 Å². The predicted molar refractivity (Wildman–Crippen MR) is 72.0 cm³/mol. The lowest BCUT2D eigenvalue weighted by molar-refractivity contribution is 0.0948. The average molecular weight is 291 g/mol. The summed E-state index contributed by atoms with van der Waals surface area (Å²) < 4.78 is 0. The van der Waals surface area contributed by atoms with Gasteiger partial charge in [0.2, 0.25) is 0 Å². The second-order valence-corrected chi connectivity index (χ2v) is 5.85. The molecule has 0 radical (unpaired) electrons. The Balaban J connectivity index is 1.92. The Morgan fingerprint density at radius 1 is 1.59 bits per heavy atom. The van der Waals surface area contributed by atoms with Gasteiger partial charge in [-0.1, -0.05) is 23.2 Å². The molecule has 6 heteroatoms. The normalized spacial score (nSPS) is 19.3. The van der Waals surface area contributed by atoms with Gasteiger partial charge in [0.25, 0.3) is 5.91 Å². The van der Waals surface area contributed by atoms with Crippen molar-refractivity contribution in [1.29, 1.82) is 0 Å². The molecule has 1 amide bonds. The molecule has 1 aliphatic heterocycles. The zero-order valence-electron chi connectivity index (χ0n) is 9.08. The van der Waals surface area contributed by atoms with Crippen LogP contribution in [0.4, 0.5) is 0 Å². The maximum Gasteiger partial charge on any atom is 0.252 e. The Bertz CT molecular complexity index is 422. The fourth-order valence-corrected chi connectivity index (χ4v) is 3.18. The van der Waals surface area contributed by atoms with Crippen molar-refractivity contribution in [3.8, 4) is 0 Å². The van der Waals surface area contributed by atoms with E-state index in [0.29, 0.717) is 23.0 Å². The lowest BCUT2D eigenvalue weighted by Gasteiger charge is -2.10. The molecule has 2 heterocycles. The molecule has 0 aliphatic carbocycles. The fourth-order valence-electron chi connectivity index (χ4n) is 1.63. The van der Waals surface area contributed by atoms with Crippen molar-refractivity contribution in [2.75, 3.05) is 18.1 Å². The number of carbonyl (C=O) groups excluding carboxylic acids is 1. The van der Waals surface area contributed by atoms with Crippen LogP contribution in [0.25, 0.3) is 0 Å². The van der Waals surface area contributed by atoms with Crippen LogP contribution in [-0.2, 0) is 0 Å². The molecule has 3 nitrogen and oxygen atoms in total. The molecule has 1 saturated heterocycles. The van der Waals surface area contributed by atoms with E-state index in [4.69, 9.17) is 23.2 Å². The van der Waals surface area contributed by atoms with Gasteiger partial charge in [-0.2, -0.15) is 11.8 Å². The molecule has 1 atom stereocenters. The van der Waals surface area contributed by atoms with Crippen molar-refractivity contribution in [2.24, 2.45) is 5.92 Å². The molecule has 1 unspecified atom stereocenters. The Labute approximate surface area is 114 Å². The first-order chi connectivity index (χ1) is 8.16. The van der Waals surface area contributed by atoms with Crippen molar-refractivity contribution in [3.05, 3.63) is 28.0 Å². The lowest BCUT2D eigenvalue weighted by Crippen LogP contribution is -2.29. The predicted octanol–water partition coefficient (Wildman–Crippen LogP) is 2.87. The molecule has 17 heavy (non-hydrogen) atoms. The van der Waals surface area contributed by atoms with Gasteiger partial charge in [0.1, 0.15) is 5.15 Å². The van der Waals surface area contributed by atoms with Crippen LogP contribution in [-0.4, -0.2) is 28.9 Å². The molecular formula is C11H12Cl2N2OS. The van der Waals surface area contributed by atoms with E-state index in [1.807, 2.05) is 11.8 Å². The fraction of sp³-hybridized carbons (Fsp3) is 0.455. The van der Waals surface area contributed by atoms with Gasteiger partial charge in [-0.05, 0) is 29.9 Å². The number of amides is 1. The van der Waals surface area contributed by atoms with Crippen LogP contribution in [0.3, 0.4) is 0 Å². The second kappa shape index (κ2) is 5.94. The molecule has 0 aromatic carbocycles. The Morgan fingerprint density at radius 2 is 2.41 bits per heavy atom. The van der Waals surface area contributed by atoms with Crippen LogP contribution < -0.4 is 5.32 Å².